The number of aromatic nitrogens is 4. The maximum Gasteiger partial charge on any atom is 0.376 e. The first-order chi connectivity index (χ1) is 10.2. The summed E-state index contributed by atoms with van der Waals surface area (Å²) in [6, 6.07) is 0. The smallest absolute Gasteiger partial charge is 0.376 e. The lowest BCUT2D eigenvalue weighted by Gasteiger charge is -2.23. The minimum Gasteiger partial charge on any atom is -0.463 e. The number of nitrogens with zero attached hydrogens (tertiary/aromatic N) is 4. The van der Waals surface area contributed by atoms with Gasteiger partial charge in [-0.25, -0.2) is 19.4 Å². The molecular weight excluding hydrogens is 292 g/mol. The number of carbonyl (C=O) groups excluding carboxylic acids is 1. The second kappa shape index (κ2) is 5.98. The molecule has 1 saturated heterocycles. The fourth-order valence-electron chi connectivity index (χ4n) is 2.37. The van der Waals surface area contributed by atoms with Gasteiger partial charge >= 0.3 is 5.97 Å². The molecule has 0 aromatic carbocycles. The Hall–Kier alpha value is -1.67. The average molecular weight is 308 g/mol. The number of esters is 1. The van der Waals surface area contributed by atoms with Crippen LogP contribution in [0.25, 0.3) is 11.0 Å². The summed E-state index contributed by atoms with van der Waals surface area (Å²) in [6.45, 7) is 0.719. The van der Waals surface area contributed by atoms with Crippen LogP contribution in [0.4, 0.5) is 0 Å². The number of fused-ring (bicyclic) bond motifs is 1. The van der Waals surface area contributed by atoms with E-state index in [-0.39, 0.29) is 12.1 Å². The lowest BCUT2D eigenvalue weighted by atomic mass is 10.2. The number of carbonyl (C=O) groups is 1. The standard InChI is InChI=1S/C13H16N4O3S/c1-19-13(18)10-15-11-8(12(16-10)21-2)7-14-17(11)9-5-3-4-6-20-9/h7,9H,3-6H2,1-2H3. The molecular formula is C13H16N4O3S. The van der Waals surface area contributed by atoms with Gasteiger partial charge in [-0.3, -0.25) is 0 Å². The third-order valence-electron chi connectivity index (χ3n) is 3.41. The molecule has 1 aliphatic heterocycles. The highest BCUT2D eigenvalue weighted by Crippen LogP contribution is 2.28. The molecule has 2 aromatic heterocycles. The van der Waals surface area contributed by atoms with Crippen LogP contribution in [0.1, 0.15) is 36.1 Å². The van der Waals surface area contributed by atoms with Gasteiger partial charge in [0.25, 0.3) is 0 Å². The van der Waals surface area contributed by atoms with Gasteiger partial charge in [0.05, 0.1) is 18.7 Å². The van der Waals surface area contributed by atoms with Crippen LogP contribution in [0.15, 0.2) is 11.2 Å². The predicted molar refractivity (Wildman–Crippen MR) is 77.3 cm³/mol. The van der Waals surface area contributed by atoms with Crippen molar-refractivity contribution >= 4 is 28.8 Å². The molecule has 1 unspecified atom stereocenters. The maximum absolute atomic E-state index is 11.7. The Labute approximate surface area is 126 Å². The molecule has 8 heteroatoms. The lowest BCUT2D eigenvalue weighted by molar-refractivity contribution is -0.0370. The highest BCUT2D eigenvalue weighted by Gasteiger charge is 2.23. The summed E-state index contributed by atoms with van der Waals surface area (Å²) >= 11 is 1.45. The summed E-state index contributed by atoms with van der Waals surface area (Å²) in [7, 11) is 1.32. The van der Waals surface area contributed by atoms with Crippen molar-refractivity contribution in [2.75, 3.05) is 20.0 Å². The van der Waals surface area contributed by atoms with E-state index < -0.39 is 5.97 Å². The maximum atomic E-state index is 11.7. The molecule has 1 fully saturated rings. The molecule has 7 nitrogen and oxygen atoms in total. The number of hydrogen-bond donors (Lipinski definition) is 0. The van der Waals surface area contributed by atoms with Crippen molar-refractivity contribution in [3.05, 3.63) is 12.0 Å². The highest BCUT2D eigenvalue weighted by molar-refractivity contribution is 7.98. The predicted octanol–water partition coefficient (Wildman–Crippen LogP) is 2.03. The number of ether oxygens (including phenoxy) is 2. The second-order valence-electron chi connectivity index (χ2n) is 4.70. The average Bonchev–Trinajstić information content (AvgIpc) is 2.97. The fraction of sp³-hybridized carbons (Fsp3) is 0.538. The van der Waals surface area contributed by atoms with Crippen molar-refractivity contribution < 1.29 is 14.3 Å². The molecule has 0 saturated carbocycles. The number of hydrogen-bond acceptors (Lipinski definition) is 7. The Morgan fingerprint density at radius 2 is 2.33 bits per heavy atom. The van der Waals surface area contributed by atoms with E-state index in [9.17, 15) is 4.79 Å². The van der Waals surface area contributed by atoms with E-state index in [4.69, 9.17) is 9.47 Å². The van der Waals surface area contributed by atoms with E-state index in [1.165, 1.54) is 18.9 Å². The van der Waals surface area contributed by atoms with Crippen molar-refractivity contribution in [2.24, 2.45) is 0 Å². The monoisotopic (exact) mass is 308 g/mol. The van der Waals surface area contributed by atoms with Crippen LogP contribution in [0.5, 0.6) is 0 Å². The fourth-order valence-corrected chi connectivity index (χ4v) is 2.91. The van der Waals surface area contributed by atoms with E-state index in [0.717, 1.165) is 31.3 Å². The Bertz CT molecular complexity index is 667. The minimum atomic E-state index is -0.551. The van der Waals surface area contributed by atoms with Crippen molar-refractivity contribution in [3.8, 4) is 0 Å². The summed E-state index contributed by atoms with van der Waals surface area (Å²) < 4.78 is 12.2. The van der Waals surface area contributed by atoms with Crippen LogP contribution in [-0.2, 0) is 9.47 Å². The van der Waals surface area contributed by atoms with Crippen LogP contribution in [0, 0.1) is 0 Å². The molecule has 0 radical (unpaired) electrons. The summed E-state index contributed by atoms with van der Waals surface area (Å²) in [5, 5.41) is 5.91. The summed E-state index contributed by atoms with van der Waals surface area (Å²) in [4.78, 5) is 20.3. The summed E-state index contributed by atoms with van der Waals surface area (Å²) in [5.41, 5.74) is 0.613. The van der Waals surface area contributed by atoms with Crippen molar-refractivity contribution in [1.29, 1.82) is 0 Å². The van der Waals surface area contributed by atoms with Gasteiger partial charge in [0, 0.05) is 6.61 Å². The molecule has 2 aromatic rings. The van der Waals surface area contributed by atoms with Gasteiger partial charge in [-0.1, -0.05) is 0 Å². The molecule has 21 heavy (non-hydrogen) atoms. The Morgan fingerprint density at radius 3 is 3.00 bits per heavy atom. The van der Waals surface area contributed by atoms with Gasteiger partial charge in [-0.15, -0.1) is 11.8 Å². The van der Waals surface area contributed by atoms with Gasteiger partial charge in [0.15, 0.2) is 11.9 Å². The summed E-state index contributed by atoms with van der Waals surface area (Å²) in [6.07, 6.45) is 6.54. The molecule has 0 amide bonds. The van der Waals surface area contributed by atoms with Gasteiger partial charge in [0.1, 0.15) is 5.03 Å². The third kappa shape index (κ3) is 2.60. The molecule has 1 atom stereocenters. The number of methoxy groups -OCH3 is 1. The van der Waals surface area contributed by atoms with E-state index in [1.54, 1.807) is 10.9 Å². The quantitative estimate of drug-likeness (QED) is 0.487. The van der Waals surface area contributed by atoms with Gasteiger partial charge in [0.2, 0.25) is 5.82 Å². The first-order valence-corrected chi connectivity index (χ1v) is 7.96. The Kier molecular flexibility index (Phi) is 4.07. The SMILES string of the molecule is COC(=O)c1nc(SC)c2cnn(C3CCCCO3)c2n1. The topological polar surface area (TPSA) is 79.1 Å². The van der Waals surface area contributed by atoms with E-state index in [1.807, 2.05) is 6.26 Å². The van der Waals surface area contributed by atoms with Crippen molar-refractivity contribution in [1.82, 2.24) is 19.7 Å². The van der Waals surface area contributed by atoms with Crippen molar-refractivity contribution in [3.63, 3.8) is 0 Å². The van der Waals surface area contributed by atoms with Crippen LogP contribution in [0.3, 0.4) is 0 Å². The van der Waals surface area contributed by atoms with E-state index in [0.29, 0.717) is 10.7 Å². The number of thioether (sulfide) groups is 1. The molecule has 112 valence electrons. The van der Waals surface area contributed by atoms with Gasteiger partial charge in [-0.2, -0.15) is 5.10 Å². The molecule has 3 heterocycles. The first kappa shape index (κ1) is 14.3. The van der Waals surface area contributed by atoms with E-state index >= 15 is 0 Å². The third-order valence-corrected chi connectivity index (χ3v) is 4.11. The zero-order chi connectivity index (χ0) is 14.8. The Balaban J connectivity index is 2.11. The van der Waals surface area contributed by atoms with Gasteiger partial charge in [-0.05, 0) is 25.5 Å². The van der Waals surface area contributed by atoms with Crippen LogP contribution >= 0.6 is 11.8 Å². The van der Waals surface area contributed by atoms with Crippen LogP contribution < -0.4 is 0 Å². The lowest BCUT2D eigenvalue weighted by Crippen LogP contribution is -2.20. The zero-order valence-electron chi connectivity index (χ0n) is 11.9. The van der Waals surface area contributed by atoms with Crippen LogP contribution in [-0.4, -0.2) is 45.7 Å². The zero-order valence-corrected chi connectivity index (χ0v) is 12.7. The van der Waals surface area contributed by atoms with E-state index in [2.05, 4.69) is 15.1 Å². The van der Waals surface area contributed by atoms with Crippen molar-refractivity contribution in [2.45, 2.75) is 30.5 Å². The molecule has 3 rings (SSSR count). The second-order valence-corrected chi connectivity index (χ2v) is 5.49. The van der Waals surface area contributed by atoms with Crippen LogP contribution in [0.2, 0.25) is 0 Å². The molecule has 0 N–H and O–H groups in total. The molecule has 0 aliphatic carbocycles. The van der Waals surface area contributed by atoms with Gasteiger partial charge < -0.3 is 9.47 Å². The normalized spacial score (nSPS) is 18.9. The Morgan fingerprint density at radius 1 is 1.48 bits per heavy atom. The summed E-state index contributed by atoms with van der Waals surface area (Å²) in [5.74, 6) is -0.503. The largest absolute Gasteiger partial charge is 0.463 e. The molecule has 1 aliphatic rings. The number of rotatable bonds is 3. The highest BCUT2D eigenvalue weighted by atomic mass is 32.2. The molecule has 0 spiro atoms. The minimum absolute atomic E-state index is 0.0481. The molecule has 0 bridgehead atoms. The first-order valence-electron chi connectivity index (χ1n) is 6.73.